The predicted molar refractivity (Wildman–Crippen MR) is 70.5 cm³/mol. The number of rotatable bonds is 6. The molecule has 1 amide bonds. The van der Waals surface area contributed by atoms with Gasteiger partial charge in [-0.2, -0.15) is 0 Å². The molecule has 3 rings (SSSR count). The largest absolute Gasteiger partial charge is 0.345 e. The number of hydrogen-bond acceptors (Lipinski definition) is 4. The molecule has 19 heavy (non-hydrogen) atoms. The van der Waals surface area contributed by atoms with Gasteiger partial charge >= 0.3 is 0 Å². The molecule has 1 saturated carbocycles. The van der Waals surface area contributed by atoms with Crippen molar-refractivity contribution in [2.24, 2.45) is 5.92 Å². The van der Waals surface area contributed by atoms with Crippen molar-refractivity contribution < 1.29 is 4.79 Å². The smallest absolute Gasteiger partial charge is 0.234 e. The van der Waals surface area contributed by atoms with Gasteiger partial charge in [-0.1, -0.05) is 0 Å². The second-order valence-corrected chi connectivity index (χ2v) is 5.59. The van der Waals surface area contributed by atoms with Crippen LogP contribution in [0.1, 0.15) is 43.9 Å². The van der Waals surface area contributed by atoms with Crippen molar-refractivity contribution in [2.75, 3.05) is 13.1 Å². The highest BCUT2D eigenvalue weighted by molar-refractivity contribution is 5.78. The fourth-order valence-electron chi connectivity index (χ4n) is 2.56. The highest BCUT2D eigenvalue weighted by Gasteiger charge is 2.23. The number of nitrogens with one attached hydrogen (secondary N) is 2. The number of fused-ring (bicyclic) bond motifs is 1. The van der Waals surface area contributed by atoms with Gasteiger partial charge in [-0.05, 0) is 38.6 Å². The number of amides is 1. The van der Waals surface area contributed by atoms with Crippen LogP contribution in [0.25, 0.3) is 0 Å². The van der Waals surface area contributed by atoms with E-state index < -0.39 is 0 Å². The van der Waals surface area contributed by atoms with Crippen LogP contribution in [0.15, 0.2) is 0 Å². The first-order chi connectivity index (χ1) is 9.24. The minimum Gasteiger partial charge on any atom is -0.345 e. The number of nitrogens with zero attached hydrogens (tertiary/aromatic N) is 3. The Hall–Kier alpha value is -1.43. The van der Waals surface area contributed by atoms with Crippen LogP contribution in [0.2, 0.25) is 0 Å². The van der Waals surface area contributed by atoms with Gasteiger partial charge < -0.3 is 15.2 Å². The highest BCUT2D eigenvalue weighted by atomic mass is 16.2. The van der Waals surface area contributed by atoms with Gasteiger partial charge in [-0.15, -0.1) is 10.2 Å². The summed E-state index contributed by atoms with van der Waals surface area (Å²) in [6.45, 7) is 4.29. The number of aromatic nitrogens is 3. The molecule has 1 aliphatic heterocycles. The molecule has 2 N–H and O–H groups in total. The lowest BCUT2D eigenvalue weighted by molar-refractivity contribution is -0.120. The van der Waals surface area contributed by atoms with Gasteiger partial charge in [0, 0.05) is 13.0 Å². The normalized spacial score (nSPS) is 19.2. The third-order valence-corrected chi connectivity index (χ3v) is 3.82. The fraction of sp³-hybridized carbons (Fsp3) is 0.769. The fourth-order valence-corrected chi connectivity index (χ4v) is 2.56. The van der Waals surface area contributed by atoms with E-state index in [0.29, 0.717) is 6.54 Å². The summed E-state index contributed by atoms with van der Waals surface area (Å²) >= 11 is 0. The second-order valence-electron chi connectivity index (χ2n) is 5.59. The summed E-state index contributed by atoms with van der Waals surface area (Å²) in [7, 11) is 0. The molecular formula is C13H21N5O. The Labute approximate surface area is 113 Å². The van der Waals surface area contributed by atoms with E-state index in [2.05, 4.69) is 25.4 Å². The van der Waals surface area contributed by atoms with Crippen molar-refractivity contribution in [1.82, 2.24) is 25.4 Å². The Morgan fingerprint density at radius 1 is 1.47 bits per heavy atom. The Balaban J connectivity index is 1.49. The number of carbonyl (C=O) groups is 1. The minimum atomic E-state index is -0.0745. The molecule has 1 fully saturated rings. The average Bonchev–Trinajstić information content (AvgIpc) is 2.92. The molecule has 0 radical (unpaired) electrons. The van der Waals surface area contributed by atoms with Gasteiger partial charge in [0.15, 0.2) is 5.82 Å². The van der Waals surface area contributed by atoms with Gasteiger partial charge in [0.1, 0.15) is 5.82 Å². The third kappa shape index (κ3) is 2.94. The van der Waals surface area contributed by atoms with E-state index in [9.17, 15) is 4.79 Å². The van der Waals surface area contributed by atoms with E-state index in [1.807, 2.05) is 6.92 Å². The quantitative estimate of drug-likeness (QED) is 0.779. The van der Waals surface area contributed by atoms with Gasteiger partial charge in [-0.3, -0.25) is 4.79 Å². The molecule has 104 valence electrons. The Morgan fingerprint density at radius 2 is 2.32 bits per heavy atom. The molecule has 1 aromatic heterocycles. The van der Waals surface area contributed by atoms with Crippen LogP contribution in [0.4, 0.5) is 0 Å². The monoisotopic (exact) mass is 263 g/mol. The lowest BCUT2D eigenvalue weighted by Gasteiger charge is -2.14. The first-order valence-corrected chi connectivity index (χ1v) is 7.16. The lowest BCUT2D eigenvalue weighted by Crippen LogP contribution is -2.36. The summed E-state index contributed by atoms with van der Waals surface area (Å²) in [6, 6.07) is -0.0745. The van der Waals surface area contributed by atoms with Gasteiger partial charge in [0.05, 0.1) is 12.6 Å². The summed E-state index contributed by atoms with van der Waals surface area (Å²) in [5.41, 5.74) is 0. The van der Waals surface area contributed by atoms with Crippen LogP contribution in [0.3, 0.4) is 0 Å². The Kier molecular flexibility index (Phi) is 3.50. The third-order valence-electron chi connectivity index (χ3n) is 3.82. The first-order valence-electron chi connectivity index (χ1n) is 7.16. The second kappa shape index (κ2) is 5.28. The molecule has 1 aliphatic carbocycles. The number of aryl methyl sites for hydroxylation is 1. The molecule has 1 unspecified atom stereocenters. The molecule has 0 bridgehead atoms. The molecule has 6 heteroatoms. The topological polar surface area (TPSA) is 71.8 Å². The summed E-state index contributed by atoms with van der Waals surface area (Å²) < 4.78 is 2.13. The van der Waals surface area contributed by atoms with Crippen molar-refractivity contribution in [3.05, 3.63) is 11.6 Å². The predicted octanol–water partition coefficient (Wildman–Crippen LogP) is 0.401. The zero-order valence-corrected chi connectivity index (χ0v) is 11.4. The van der Waals surface area contributed by atoms with E-state index in [0.717, 1.165) is 43.5 Å². The molecule has 6 nitrogen and oxygen atoms in total. The van der Waals surface area contributed by atoms with Crippen LogP contribution in [-0.2, 0) is 17.8 Å². The van der Waals surface area contributed by atoms with Crippen molar-refractivity contribution >= 4 is 5.91 Å². The Morgan fingerprint density at radius 3 is 3.11 bits per heavy atom. The molecule has 1 atom stereocenters. The van der Waals surface area contributed by atoms with Crippen molar-refractivity contribution in [3.63, 3.8) is 0 Å². The highest BCUT2D eigenvalue weighted by Crippen LogP contribution is 2.27. The van der Waals surface area contributed by atoms with Crippen molar-refractivity contribution in [2.45, 2.75) is 45.2 Å². The van der Waals surface area contributed by atoms with E-state index >= 15 is 0 Å². The average molecular weight is 263 g/mol. The summed E-state index contributed by atoms with van der Waals surface area (Å²) in [5, 5.41) is 14.5. The molecule has 1 aromatic rings. The summed E-state index contributed by atoms with van der Waals surface area (Å²) in [5.74, 6) is 2.75. The molecule has 0 spiro atoms. The van der Waals surface area contributed by atoms with E-state index in [-0.39, 0.29) is 11.9 Å². The molecule has 0 aromatic carbocycles. The van der Waals surface area contributed by atoms with Crippen LogP contribution in [-0.4, -0.2) is 33.8 Å². The van der Waals surface area contributed by atoms with Crippen molar-refractivity contribution in [1.29, 1.82) is 0 Å². The van der Waals surface area contributed by atoms with Crippen LogP contribution < -0.4 is 10.6 Å². The van der Waals surface area contributed by atoms with Gasteiger partial charge in [0.2, 0.25) is 5.91 Å². The zero-order valence-electron chi connectivity index (χ0n) is 11.4. The van der Waals surface area contributed by atoms with E-state index in [4.69, 9.17) is 0 Å². The summed E-state index contributed by atoms with van der Waals surface area (Å²) in [6.07, 6.45) is 4.73. The first kappa shape index (κ1) is 12.6. The van der Waals surface area contributed by atoms with Gasteiger partial charge in [-0.25, -0.2) is 0 Å². The van der Waals surface area contributed by atoms with Crippen LogP contribution in [0.5, 0.6) is 0 Å². The molecule has 2 aliphatic rings. The molecular weight excluding hydrogens is 242 g/mol. The summed E-state index contributed by atoms with van der Waals surface area (Å²) in [4.78, 5) is 11.8. The Bertz CT molecular complexity index is 466. The van der Waals surface area contributed by atoms with Gasteiger partial charge in [0.25, 0.3) is 0 Å². The number of hydrogen-bond donors (Lipinski definition) is 2. The molecule has 0 saturated heterocycles. The SMILES string of the molecule is CC(NC(=O)CNCC1CC1)c1nnc2n1CCC2. The maximum Gasteiger partial charge on any atom is 0.234 e. The maximum absolute atomic E-state index is 11.8. The minimum absolute atomic E-state index is 0.0310. The van der Waals surface area contributed by atoms with E-state index in [1.54, 1.807) is 0 Å². The number of carbonyl (C=O) groups excluding carboxylic acids is 1. The zero-order chi connectivity index (χ0) is 13.2. The van der Waals surface area contributed by atoms with Crippen molar-refractivity contribution in [3.8, 4) is 0 Å². The molecule has 2 heterocycles. The van der Waals surface area contributed by atoms with Crippen LogP contribution in [0, 0.1) is 5.92 Å². The maximum atomic E-state index is 11.8. The lowest BCUT2D eigenvalue weighted by atomic mass is 10.3. The standard InChI is InChI=1S/C13H21N5O/c1-9(13-17-16-11-3-2-6-18(11)13)15-12(19)8-14-7-10-4-5-10/h9-10,14H,2-8H2,1H3,(H,15,19). The van der Waals surface area contributed by atoms with Crippen LogP contribution >= 0.6 is 0 Å². The van der Waals surface area contributed by atoms with E-state index in [1.165, 1.54) is 12.8 Å².